The molecule has 2 atom stereocenters. The van der Waals surface area contributed by atoms with Crippen LogP contribution in [0.1, 0.15) is 25.0 Å². The zero-order valence-corrected chi connectivity index (χ0v) is 13.8. The van der Waals surface area contributed by atoms with Gasteiger partial charge in [0.15, 0.2) is 5.82 Å². The Hall–Kier alpha value is -1.82. The van der Waals surface area contributed by atoms with Gasteiger partial charge in [0.2, 0.25) is 0 Å². The first-order valence-electron chi connectivity index (χ1n) is 7.73. The molecule has 6 nitrogen and oxygen atoms in total. The van der Waals surface area contributed by atoms with Crippen molar-refractivity contribution in [2.24, 2.45) is 5.92 Å². The number of urea groups is 1. The molecule has 2 amide bonds. The molecule has 1 fully saturated rings. The molecular formula is C16H26N4O2. The van der Waals surface area contributed by atoms with Crippen LogP contribution < -0.4 is 10.2 Å². The Labute approximate surface area is 132 Å². The summed E-state index contributed by atoms with van der Waals surface area (Å²) in [6.45, 7) is 2.50. The summed E-state index contributed by atoms with van der Waals surface area (Å²) >= 11 is 0. The minimum absolute atomic E-state index is 0.173. The van der Waals surface area contributed by atoms with Crippen molar-refractivity contribution in [1.82, 2.24) is 9.88 Å². The van der Waals surface area contributed by atoms with Crippen molar-refractivity contribution in [3.05, 3.63) is 17.8 Å². The second-order valence-electron chi connectivity index (χ2n) is 6.29. The maximum atomic E-state index is 12.4. The predicted octanol–water partition coefficient (Wildman–Crippen LogP) is 2.08. The van der Waals surface area contributed by atoms with Crippen molar-refractivity contribution in [2.45, 2.75) is 32.3 Å². The average Bonchev–Trinajstić information content (AvgIpc) is 2.85. The van der Waals surface area contributed by atoms with Gasteiger partial charge in [-0.15, -0.1) is 0 Å². The van der Waals surface area contributed by atoms with Gasteiger partial charge in [-0.3, -0.25) is 0 Å². The number of aliphatic hydroxyl groups is 1. The molecule has 22 heavy (non-hydrogen) atoms. The van der Waals surface area contributed by atoms with Crippen LogP contribution in [0.3, 0.4) is 0 Å². The van der Waals surface area contributed by atoms with Crippen LogP contribution in [0, 0.1) is 12.8 Å². The number of carbonyl (C=O) groups is 1. The highest BCUT2D eigenvalue weighted by molar-refractivity contribution is 5.92. The van der Waals surface area contributed by atoms with E-state index in [9.17, 15) is 9.90 Å². The fraction of sp³-hybridized carbons (Fsp3) is 0.625. The summed E-state index contributed by atoms with van der Waals surface area (Å²) in [7, 11) is 5.56. The van der Waals surface area contributed by atoms with Gasteiger partial charge >= 0.3 is 6.03 Å². The van der Waals surface area contributed by atoms with E-state index in [1.165, 1.54) is 0 Å². The smallest absolute Gasteiger partial charge is 0.321 e. The molecule has 0 spiro atoms. The second kappa shape index (κ2) is 6.96. The number of aromatic nitrogens is 1. The molecule has 1 aliphatic carbocycles. The summed E-state index contributed by atoms with van der Waals surface area (Å²) < 4.78 is 0. The molecule has 0 radical (unpaired) electrons. The molecule has 2 rings (SSSR count). The Bertz CT molecular complexity index is 533. The summed E-state index contributed by atoms with van der Waals surface area (Å²) in [4.78, 5) is 20.3. The minimum atomic E-state index is -0.284. The zero-order chi connectivity index (χ0) is 16.3. The topological polar surface area (TPSA) is 68.7 Å². The maximum absolute atomic E-state index is 12.4. The third-order valence-electron chi connectivity index (χ3n) is 4.15. The van der Waals surface area contributed by atoms with Gasteiger partial charge < -0.3 is 20.2 Å². The number of rotatable bonds is 4. The van der Waals surface area contributed by atoms with E-state index in [1.54, 1.807) is 11.9 Å². The fourth-order valence-electron chi connectivity index (χ4n) is 2.86. The van der Waals surface area contributed by atoms with Crippen LogP contribution in [0.2, 0.25) is 0 Å². The fourth-order valence-corrected chi connectivity index (χ4v) is 2.86. The first kappa shape index (κ1) is 16.5. The Morgan fingerprint density at radius 2 is 2.09 bits per heavy atom. The van der Waals surface area contributed by atoms with E-state index in [0.29, 0.717) is 12.2 Å². The molecule has 1 aromatic heterocycles. The standard InChI is InChI=1S/C16H26N4O2/c1-11-8-9-13(15(17-11)19(2)3)18-16(22)20(4)10-12-6-5-7-14(12)21/h8-9,12,14,21H,5-7,10H2,1-4H3,(H,18,22). The molecule has 2 unspecified atom stereocenters. The number of amides is 2. The number of hydrogen-bond acceptors (Lipinski definition) is 4. The van der Waals surface area contributed by atoms with Crippen molar-refractivity contribution < 1.29 is 9.90 Å². The lowest BCUT2D eigenvalue weighted by Gasteiger charge is -2.24. The van der Waals surface area contributed by atoms with Gasteiger partial charge in [0.05, 0.1) is 11.8 Å². The van der Waals surface area contributed by atoms with Crippen LogP contribution in [-0.2, 0) is 0 Å². The highest BCUT2D eigenvalue weighted by Gasteiger charge is 2.27. The molecule has 6 heteroatoms. The van der Waals surface area contributed by atoms with Crippen LogP contribution in [0.5, 0.6) is 0 Å². The number of hydrogen-bond donors (Lipinski definition) is 2. The molecule has 1 saturated carbocycles. The van der Waals surface area contributed by atoms with Crippen LogP contribution in [0.15, 0.2) is 12.1 Å². The van der Waals surface area contributed by atoms with Crippen LogP contribution in [0.25, 0.3) is 0 Å². The number of nitrogens with one attached hydrogen (secondary N) is 1. The number of nitrogens with zero attached hydrogens (tertiary/aromatic N) is 3. The lowest BCUT2D eigenvalue weighted by atomic mass is 10.1. The predicted molar refractivity (Wildman–Crippen MR) is 88.3 cm³/mol. The van der Waals surface area contributed by atoms with E-state index in [2.05, 4.69) is 10.3 Å². The van der Waals surface area contributed by atoms with Crippen molar-refractivity contribution in [3.63, 3.8) is 0 Å². The van der Waals surface area contributed by atoms with Gasteiger partial charge in [-0.05, 0) is 31.9 Å². The van der Waals surface area contributed by atoms with Gasteiger partial charge in [0.1, 0.15) is 0 Å². The van der Waals surface area contributed by atoms with E-state index in [-0.39, 0.29) is 18.1 Å². The average molecular weight is 306 g/mol. The third kappa shape index (κ3) is 3.88. The quantitative estimate of drug-likeness (QED) is 0.893. The highest BCUT2D eigenvalue weighted by Crippen LogP contribution is 2.27. The van der Waals surface area contributed by atoms with Crippen LogP contribution in [-0.4, -0.2) is 54.8 Å². The number of pyridine rings is 1. The molecule has 1 heterocycles. The number of aryl methyl sites for hydroxylation is 1. The van der Waals surface area contributed by atoms with E-state index in [0.717, 1.165) is 30.8 Å². The lowest BCUT2D eigenvalue weighted by molar-refractivity contribution is 0.116. The number of carbonyl (C=O) groups excluding carboxylic acids is 1. The van der Waals surface area contributed by atoms with Crippen LogP contribution >= 0.6 is 0 Å². The van der Waals surface area contributed by atoms with E-state index in [4.69, 9.17) is 0 Å². The number of anilines is 2. The summed E-state index contributed by atoms with van der Waals surface area (Å²) in [6.07, 6.45) is 2.57. The lowest BCUT2D eigenvalue weighted by Crippen LogP contribution is -2.37. The Kier molecular flexibility index (Phi) is 5.24. The highest BCUT2D eigenvalue weighted by atomic mass is 16.3. The SMILES string of the molecule is Cc1ccc(NC(=O)N(C)CC2CCCC2O)c(N(C)C)n1. The third-order valence-corrected chi connectivity index (χ3v) is 4.15. The van der Waals surface area contributed by atoms with E-state index in [1.807, 2.05) is 38.1 Å². The van der Waals surface area contributed by atoms with Gasteiger partial charge in [0, 0.05) is 39.3 Å². The van der Waals surface area contributed by atoms with Gasteiger partial charge in [-0.1, -0.05) is 6.42 Å². The van der Waals surface area contributed by atoms with Crippen molar-refractivity contribution in [3.8, 4) is 0 Å². The van der Waals surface area contributed by atoms with Gasteiger partial charge in [-0.25, -0.2) is 9.78 Å². The second-order valence-corrected chi connectivity index (χ2v) is 6.29. The molecule has 0 bridgehead atoms. The molecule has 2 N–H and O–H groups in total. The normalized spacial score (nSPS) is 20.8. The summed E-state index contributed by atoms with van der Waals surface area (Å²) in [5, 5.41) is 12.8. The molecule has 122 valence electrons. The molecule has 1 aromatic rings. The molecule has 0 aliphatic heterocycles. The summed E-state index contributed by atoms with van der Waals surface area (Å²) in [6, 6.07) is 3.57. The van der Waals surface area contributed by atoms with Crippen molar-refractivity contribution in [1.29, 1.82) is 0 Å². The maximum Gasteiger partial charge on any atom is 0.321 e. The van der Waals surface area contributed by atoms with Gasteiger partial charge in [-0.2, -0.15) is 0 Å². The van der Waals surface area contributed by atoms with Crippen molar-refractivity contribution >= 4 is 17.5 Å². The molecule has 1 aliphatic rings. The van der Waals surface area contributed by atoms with Crippen LogP contribution in [0.4, 0.5) is 16.3 Å². The monoisotopic (exact) mass is 306 g/mol. The Morgan fingerprint density at radius 1 is 1.36 bits per heavy atom. The summed E-state index contributed by atoms with van der Waals surface area (Å²) in [5.41, 5.74) is 1.60. The first-order chi connectivity index (χ1) is 10.4. The molecule has 0 saturated heterocycles. The van der Waals surface area contributed by atoms with Crippen molar-refractivity contribution in [2.75, 3.05) is 37.9 Å². The molecule has 0 aromatic carbocycles. The zero-order valence-electron chi connectivity index (χ0n) is 13.8. The van der Waals surface area contributed by atoms with E-state index < -0.39 is 0 Å². The Morgan fingerprint density at radius 3 is 2.68 bits per heavy atom. The minimum Gasteiger partial charge on any atom is -0.393 e. The molecular weight excluding hydrogens is 280 g/mol. The van der Waals surface area contributed by atoms with E-state index >= 15 is 0 Å². The van der Waals surface area contributed by atoms with Gasteiger partial charge in [0.25, 0.3) is 0 Å². The largest absolute Gasteiger partial charge is 0.393 e. The first-order valence-corrected chi connectivity index (χ1v) is 7.73. The summed E-state index contributed by atoms with van der Waals surface area (Å²) in [5.74, 6) is 0.919. The number of aliphatic hydroxyl groups excluding tert-OH is 1. The Balaban J connectivity index is 2.02.